The van der Waals surface area contributed by atoms with Crippen LogP contribution in [0.25, 0.3) is 0 Å². The molecule has 14 nitrogen and oxygen atoms in total. The van der Waals surface area contributed by atoms with Gasteiger partial charge in [-0.2, -0.15) is 0 Å². The van der Waals surface area contributed by atoms with Gasteiger partial charge in [-0.05, 0) is 0 Å². The van der Waals surface area contributed by atoms with Crippen molar-refractivity contribution in [2.24, 2.45) is 22.9 Å². The average Bonchev–Trinajstić information content (AvgIpc) is 2.39. The van der Waals surface area contributed by atoms with E-state index in [0.29, 0.717) is 26.2 Å². The van der Waals surface area contributed by atoms with E-state index in [-0.39, 0.29) is 17.1 Å². The molecule has 0 fully saturated rings. The Hall–Kier alpha value is -1.32. The summed E-state index contributed by atoms with van der Waals surface area (Å²) in [6, 6.07) is 0. The van der Waals surface area contributed by atoms with Gasteiger partial charge in [0, 0.05) is 52.4 Å². The maximum Gasteiger partial charge on any atom is 2.00 e. The largest absolute Gasteiger partial charge is 2.00 e. The monoisotopic (exact) mass is 393 g/mol. The van der Waals surface area contributed by atoms with Crippen molar-refractivity contribution >= 4 is 0 Å². The van der Waals surface area contributed by atoms with Crippen LogP contribution < -0.4 is 33.6 Å². The smallest absolute Gasteiger partial charge is 0.356 e. The summed E-state index contributed by atoms with van der Waals surface area (Å²) in [6.45, 7) is 6.27. The van der Waals surface area contributed by atoms with Gasteiger partial charge in [0.1, 0.15) is 0 Å². The fourth-order valence-electron chi connectivity index (χ4n) is 0.658. The van der Waals surface area contributed by atoms with E-state index in [1.54, 1.807) is 0 Å². The van der Waals surface area contributed by atoms with Gasteiger partial charge in [-0.3, -0.25) is 0 Å². The molecule has 0 unspecified atom stereocenters. The van der Waals surface area contributed by atoms with E-state index in [9.17, 15) is 0 Å². The van der Waals surface area contributed by atoms with E-state index in [0.717, 1.165) is 26.2 Å². The summed E-state index contributed by atoms with van der Waals surface area (Å²) in [5.41, 5.74) is 20.7. The predicted molar refractivity (Wildman–Crippen MR) is 82.7 cm³/mol. The molecule has 0 atom stereocenters. The standard InChI is InChI=1S/2C4H13N3.Cu.2NO3/c2*5-1-3-7-4-2-6;;2*2-1(3)4/h2*7H,1-6H2;;;/q;;+2;2*-1. The van der Waals surface area contributed by atoms with Crippen LogP contribution in [0.1, 0.15) is 0 Å². The molecule has 145 valence electrons. The van der Waals surface area contributed by atoms with Crippen LogP contribution in [0, 0.1) is 30.6 Å². The third kappa shape index (κ3) is 162. The van der Waals surface area contributed by atoms with Gasteiger partial charge in [-0.15, -0.1) is 0 Å². The SMILES string of the molecule is NCCNCCN.NCCNCCN.O=[N+]([O-])[O-].O=[N+]([O-])[O-].[Cu+2]. The van der Waals surface area contributed by atoms with Gasteiger partial charge >= 0.3 is 17.1 Å². The number of nitrogens with one attached hydrogen (secondary N) is 2. The predicted octanol–water partition coefficient (Wildman–Crippen LogP) is -3.49. The van der Waals surface area contributed by atoms with Crippen LogP contribution in [0.2, 0.25) is 0 Å². The van der Waals surface area contributed by atoms with E-state index < -0.39 is 10.2 Å². The fourth-order valence-corrected chi connectivity index (χ4v) is 0.658. The van der Waals surface area contributed by atoms with Crippen LogP contribution in [0.4, 0.5) is 0 Å². The molecular weight excluding hydrogens is 368 g/mol. The van der Waals surface area contributed by atoms with Crippen molar-refractivity contribution in [1.29, 1.82) is 0 Å². The number of rotatable bonds is 8. The summed E-state index contributed by atoms with van der Waals surface area (Å²) >= 11 is 0. The first kappa shape index (κ1) is 33.3. The van der Waals surface area contributed by atoms with Crippen LogP contribution >= 0.6 is 0 Å². The number of hydrogen-bond acceptors (Lipinski definition) is 12. The zero-order chi connectivity index (χ0) is 18.2. The first-order valence-corrected chi connectivity index (χ1v) is 6.14. The molecule has 0 aromatic heterocycles. The first-order chi connectivity index (χ1) is 10.3. The molecule has 0 spiro atoms. The molecule has 0 saturated heterocycles. The summed E-state index contributed by atoms with van der Waals surface area (Å²) in [5.74, 6) is 0. The van der Waals surface area contributed by atoms with Crippen molar-refractivity contribution < 1.29 is 27.2 Å². The van der Waals surface area contributed by atoms with Gasteiger partial charge in [0.05, 0.1) is 10.2 Å². The molecule has 1 radical (unpaired) electrons. The summed E-state index contributed by atoms with van der Waals surface area (Å²) in [4.78, 5) is 16.5. The average molecular weight is 394 g/mol. The maximum absolute atomic E-state index is 8.25. The maximum atomic E-state index is 8.25. The molecule has 15 heteroatoms. The molecule has 0 bridgehead atoms. The van der Waals surface area contributed by atoms with Crippen molar-refractivity contribution in [2.45, 2.75) is 0 Å². The first-order valence-electron chi connectivity index (χ1n) is 6.14. The number of nitrogens with zero attached hydrogens (tertiary/aromatic N) is 2. The van der Waals surface area contributed by atoms with Crippen LogP contribution in [-0.2, 0) is 17.1 Å². The van der Waals surface area contributed by atoms with E-state index >= 15 is 0 Å². The Morgan fingerprint density at radius 3 is 0.826 bits per heavy atom. The second-order valence-electron chi connectivity index (χ2n) is 3.10. The molecule has 0 heterocycles. The minimum atomic E-state index is -1.75. The molecule has 0 aliphatic carbocycles. The fraction of sp³-hybridized carbons (Fsp3) is 1.00. The Labute approximate surface area is 144 Å². The van der Waals surface area contributed by atoms with Gasteiger partial charge < -0.3 is 64.2 Å². The summed E-state index contributed by atoms with van der Waals surface area (Å²) < 4.78 is 0. The van der Waals surface area contributed by atoms with E-state index in [1.165, 1.54) is 0 Å². The quantitative estimate of drug-likeness (QED) is 0.101. The van der Waals surface area contributed by atoms with Crippen LogP contribution in [0.5, 0.6) is 0 Å². The van der Waals surface area contributed by atoms with E-state index in [2.05, 4.69) is 10.6 Å². The van der Waals surface area contributed by atoms with Crippen LogP contribution in [-0.4, -0.2) is 62.5 Å². The molecule has 0 rings (SSSR count). The van der Waals surface area contributed by atoms with Gasteiger partial charge in [0.15, 0.2) is 0 Å². The second kappa shape index (κ2) is 37.2. The third-order valence-corrected chi connectivity index (χ3v) is 1.28. The zero-order valence-electron chi connectivity index (χ0n) is 12.6. The summed E-state index contributed by atoms with van der Waals surface area (Å²) in [5, 5.41) is 35.6. The second-order valence-corrected chi connectivity index (χ2v) is 3.10. The minimum Gasteiger partial charge on any atom is -0.356 e. The Balaban J connectivity index is -0.0000000639. The van der Waals surface area contributed by atoms with Crippen LogP contribution in [0.15, 0.2) is 0 Å². The molecule has 0 aromatic rings. The summed E-state index contributed by atoms with van der Waals surface area (Å²) in [6.07, 6.45) is 0. The number of nitrogens with two attached hydrogens (primary N) is 4. The van der Waals surface area contributed by atoms with Crippen molar-refractivity contribution in [3.05, 3.63) is 30.6 Å². The molecular formula is C8H26CuN8O6. The Bertz CT molecular complexity index is 191. The van der Waals surface area contributed by atoms with Crippen molar-refractivity contribution in [3.8, 4) is 0 Å². The van der Waals surface area contributed by atoms with Gasteiger partial charge in [-0.1, -0.05) is 0 Å². The van der Waals surface area contributed by atoms with Gasteiger partial charge in [0.2, 0.25) is 0 Å². The number of hydrogen-bond donors (Lipinski definition) is 6. The molecule has 0 aliphatic heterocycles. The van der Waals surface area contributed by atoms with Crippen molar-refractivity contribution in [3.63, 3.8) is 0 Å². The molecule has 0 aromatic carbocycles. The molecule has 0 aliphatic rings. The molecule has 0 saturated carbocycles. The minimum absolute atomic E-state index is 0. The van der Waals surface area contributed by atoms with Crippen molar-refractivity contribution in [1.82, 2.24) is 10.6 Å². The molecule has 23 heavy (non-hydrogen) atoms. The molecule has 0 amide bonds. The third-order valence-electron chi connectivity index (χ3n) is 1.28. The Morgan fingerprint density at radius 1 is 0.609 bits per heavy atom. The Kier molecular flexibility index (Phi) is 53.8. The van der Waals surface area contributed by atoms with Crippen LogP contribution in [0.3, 0.4) is 0 Å². The van der Waals surface area contributed by atoms with E-state index in [4.69, 9.17) is 53.6 Å². The van der Waals surface area contributed by atoms with Crippen molar-refractivity contribution in [2.75, 3.05) is 52.4 Å². The Morgan fingerprint density at radius 2 is 0.739 bits per heavy atom. The molecule has 10 N–H and O–H groups in total. The normalized spacial score (nSPS) is 7.83. The topological polar surface area (TPSA) is 261 Å². The summed E-state index contributed by atoms with van der Waals surface area (Å²) in [7, 11) is 0. The van der Waals surface area contributed by atoms with Gasteiger partial charge in [-0.25, -0.2) is 0 Å². The zero-order valence-corrected chi connectivity index (χ0v) is 13.6. The van der Waals surface area contributed by atoms with E-state index in [1.807, 2.05) is 0 Å². The van der Waals surface area contributed by atoms with Gasteiger partial charge in [0.25, 0.3) is 0 Å².